The Labute approximate surface area is 117 Å². The minimum absolute atomic E-state index is 0.106. The van der Waals surface area contributed by atoms with Gasteiger partial charge in [0.15, 0.2) is 0 Å². The van der Waals surface area contributed by atoms with Crippen molar-refractivity contribution >= 4 is 11.9 Å². The van der Waals surface area contributed by atoms with Crippen molar-refractivity contribution in [3.8, 4) is 0 Å². The molecule has 0 aliphatic heterocycles. The van der Waals surface area contributed by atoms with Gasteiger partial charge >= 0.3 is 6.03 Å². The Kier molecular flexibility index (Phi) is 9.00. The van der Waals surface area contributed by atoms with Gasteiger partial charge < -0.3 is 15.5 Å². The molecule has 5 nitrogen and oxygen atoms in total. The smallest absolute Gasteiger partial charge is 0.315 e. The van der Waals surface area contributed by atoms with E-state index >= 15 is 0 Å². The van der Waals surface area contributed by atoms with Crippen LogP contribution in [0.3, 0.4) is 0 Å². The van der Waals surface area contributed by atoms with Crippen LogP contribution in [0.15, 0.2) is 0 Å². The quantitative estimate of drug-likeness (QED) is 0.664. The van der Waals surface area contributed by atoms with E-state index in [-0.39, 0.29) is 18.0 Å². The zero-order valence-corrected chi connectivity index (χ0v) is 13.0. The maximum atomic E-state index is 11.7. The van der Waals surface area contributed by atoms with Gasteiger partial charge in [-0.2, -0.15) is 0 Å². The molecule has 5 heteroatoms. The molecule has 112 valence electrons. The van der Waals surface area contributed by atoms with Gasteiger partial charge in [0, 0.05) is 20.1 Å². The lowest BCUT2D eigenvalue weighted by molar-refractivity contribution is -0.130. The second kappa shape index (κ2) is 9.64. The Morgan fingerprint density at radius 1 is 1.05 bits per heavy atom. The average molecular weight is 271 g/mol. The van der Waals surface area contributed by atoms with Crippen LogP contribution in [-0.4, -0.2) is 43.0 Å². The van der Waals surface area contributed by atoms with E-state index in [4.69, 9.17) is 0 Å². The summed E-state index contributed by atoms with van der Waals surface area (Å²) in [6.45, 7) is 5.86. The largest absolute Gasteiger partial charge is 0.347 e. The lowest BCUT2D eigenvalue weighted by Gasteiger charge is -2.20. The number of urea groups is 1. The van der Waals surface area contributed by atoms with Crippen LogP contribution in [0.1, 0.15) is 52.9 Å². The Morgan fingerprint density at radius 2 is 1.68 bits per heavy atom. The highest BCUT2D eigenvalue weighted by Gasteiger charge is 2.17. The van der Waals surface area contributed by atoms with Crippen LogP contribution >= 0.6 is 0 Å². The van der Waals surface area contributed by atoms with Crippen molar-refractivity contribution in [1.82, 2.24) is 15.5 Å². The topological polar surface area (TPSA) is 61.4 Å². The maximum absolute atomic E-state index is 11.7. The van der Waals surface area contributed by atoms with E-state index in [1.807, 2.05) is 6.92 Å². The van der Waals surface area contributed by atoms with Gasteiger partial charge in [-0.15, -0.1) is 0 Å². The number of carbonyl (C=O) groups excluding carboxylic acids is 2. The Hall–Kier alpha value is -1.26. The zero-order valence-electron chi connectivity index (χ0n) is 13.0. The lowest BCUT2D eigenvalue weighted by atomic mass is 10.1. The number of nitrogens with zero attached hydrogens (tertiary/aromatic N) is 1. The summed E-state index contributed by atoms with van der Waals surface area (Å²) in [6.07, 6.45) is 5.77. The summed E-state index contributed by atoms with van der Waals surface area (Å²) in [5.74, 6) is -0.106. The molecule has 2 N–H and O–H groups in total. The van der Waals surface area contributed by atoms with Crippen LogP contribution in [0.4, 0.5) is 4.79 Å². The van der Waals surface area contributed by atoms with E-state index in [0.29, 0.717) is 0 Å². The van der Waals surface area contributed by atoms with Crippen LogP contribution in [0.2, 0.25) is 0 Å². The number of nitrogens with one attached hydrogen (secondary N) is 2. The third-order valence-corrected chi connectivity index (χ3v) is 3.03. The van der Waals surface area contributed by atoms with E-state index in [1.54, 1.807) is 21.0 Å². The van der Waals surface area contributed by atoms with E-state index in [9.17, 15) is 9.59 Å². The van der Waals surface area contributed by atoms with Crippen molar-refractivity contribution in [1.29, 1.82) is 0 Å². The van der Waals surface area contributed by atoms with E-state index < -0.39 is 6.04 Å². The summed E-state index contributed by atoms with van der Waals surface area (Å²) >= 11 is 0. The molecule has 0 aliphatic carbocycles. The van der Waals surface area contributed by atoms with Gasteiger partial charge in [-0.3, -0.25) is 4.79 Å². The monoisotopic (exact) mass is 271 g/mol. The molecular formula is C14H29N3O2. The van der Waals surface area contributed by atoms with E-state index in [1.165, 1.54) is 24.2 Å². The molecule has 0 aliphatic rings. The standard InChI is InChI=1S/C14H29N3O2/c1-6-7-8-9-10-11(2)15-14(19)16-12(3)13(18)17(4)5/h11-12H,6-10H2,1-5H3,(H2,15,16,19)/t11-,12+/m0/s1. The van der Waals surface area contributed by atoms with Gasteiger partial charge in [-0.05, 0) is 20.3 Å². The summed E-state index contributed by atoms with van der Waals surface area (Å²) < 4.78 is 0. The minimum Gasteiger partial charge on any atom is -0.347 e. The SMILES string of the molecule is CCCCCC[C@H](C)NC(=O)N[C@H](C)C(=O)N(C)C. The summed E-state index contributed by atoms with van der Waals surface area (Å²) in [6, 6.07) is -0.633. The average Bonchev–Trinajstić information content (AvgIpc) is 2.33. The molecule has 0 bridgehead atoms. The summed E-state index contributed by atoms with van der Waals surface area (Å²) in [5, 5.41) is 5.51. The van der Waals surface area contributed by atoms with Crippen LogP contribution < -0.4 is 10.6 Å². The number of rotatable bonds is 8. The molecule has 0 aromatic heterocycles. The molecule has 0 saturated heterocycles. The Bertz CT molecular complexity index is 280. The maximum Gasteiger partial charge on any atom is 0.315 e. The van der Waals surface area contributed by atoms with Crippen molar-refractivity contribution < 1.29 is 9.59 Å². The van der Waals surface area contributed by atoms with Crippen molar-refractivity contribution in [2.75, 3.05) is 14.1 Å². The first-order valence-corrected chi connectivity index (χ1v) is 7.16. The van der Waals surface area contributed by atoms with Crippen molar-refractivity contribution in [2.24, 2.45) is 0 Å². The molecule has 0 heterocycles. The minimum atomic E-state index is -0.498. The molecule has 0 unspecified atom stereocenters. The van der Waals surface area contributed by atoms with Crippen molar-refractivity contribution in [2.45, 2.75) is 65.0 Å². The fourth-order valence-corrected chi connectivity index (χ4v) is 1.86. The van der Waals surface area contributed by atoms with Gasteiger partial charge in [0.2, 0.25) is 5.91 Å². The van der Waals surface area contributed by atoms with Crippen molar-refractivity contribution in [3.63, 3.8) is 0 Å². The third kappa shape index (κ3) is 8.46. The highest BCUT2D eigenvalue weighted by atomic mass is 16.2. The van der Waals surface area contributed by atoms with Gasteiger partial charge in [-0.25, -0.2) is 4.79 Å². The Morgan fingerprint density at radius 3 is 2.21 bits per heavy atom. The molecule has 2 atom stereocenters. The van der Waals surface area contributed by atoms with Gasteiger partial charge in [-0.1, -0.05) is 32.6 Å². The molecule has 0 saturated carbocycles. The number of unbranched alkanes of at least 4 members (excludes halogenated alkanes) is 3. The predicted octanol–water partition coefficient (Wildman–Crippen LogP) is 2.12. The van der Waals surface area contributed by atoms with E-state index in [0.717, 1.165) is 12.8 Å². The summed E-state index contributed by atoms with van der Waals surface area (Å²) in [4.78, 5) is 24.7. The lowest BCUT2D eigenvalue weighted by Crippen LogP contribution is -2.49. The number of hydrogen-bond donors (Lipinski definition) is 2. The molecule has 0 fully saturated rings. The van der Waals surface area contributed by atoms with Gasteiger partial charge in [0.05, 0.1) is 0 Å². The normalized spacial score (nSPS) is 13.5. The van der Waals surface area contributed by atoms with Crippen LogP contribution in [0, 0.1) is 0 Å². The molecule has 0 aromatic rings. The van der Waals surface area contributed by atoms with Crippen LogP contribution in [0.25, 0.3) is 0 Å². The first kappa shape index (κ1) is 17.7. The molecule has 0 aromatic carbocycles. The molecule has 0 rings (SSSR count). The van der Waals surface area contributed by atoms with Crippen LogP contribution in [0.5, 0.6) is 0 Å². The molecule has 3 amide bonds. The molecule has 0 radical (unpaired) electrons. The highest BCUT2D eigenvalue weighted by molar-refractivity contribution is 5.86. The van der Waals surface area contributed by atoms with E-state index in [2.05, 4.69) is 17.6 Å². The first-order valence-electron chi connectivity index (χ1n) is 7.16. The second-order valence-electron chi connectivity index (χ2n) is 5.32. The van der Waals surface area contributed by atoms with Crippen molar-refractivity contribution in [3.05, 3.63) is 0 Å². The summed E-state index contributed by atoms with van der Waals surface area (Å²) in [5.41, 5.74) is 0. The van der Waals surface area contributed by atoms with Gasteiger partial charge in [0.1, 0.15) is 6.04 Å². The molecule has 0 spiro atoms. The highest BCUT2D eigenvalue weighted by Crippen LogP contribution is 2.05. The number of likely N-dealkylation sites (N-methyl/N-ethyl adjacent to an activating group) is 1. The third-order valence-electron chi connectivity index (χ3n) is 3.03. The second-order valence-corrected chi connectivity index (χ2v) is 5.32. The Balaban J connectivity index is 3.87. The number of carbonyl (C=O) groups is 2. The zero-order chi connectivity index (χ0) is 14.8. The predicted molar refractivity (Wildman–Crippen MR) is 78.0 cm³/mol. The number of amides is 3. The summed E-state index contributed by atoms with van der Waals surface area (Å²) in [7, 11) is 3.35. The number of hydrogen-bond acceptors (Lipinski definition) is 2. The molecular weight excluding hydrogens is 242 g/mol. The molecule has 19 heavy (non-hydrogen) atoms. The van der Waals surface area contributed by atoms with Crippen LogP contribution in [-0.2, 0) is 4.79 Å². The first-order chi connectivity index (χ1) is 8.88. The fourth-order valence-electron chi connectivity index (χ4n) is 1.86. The van der Waals surface area contributed by atoms with Gasteiger partial charge in [0.25, 0.3) is 0 Å². The fraction of sp³-hybridized carbons (Fsp3) is 0.857.